The Morgan fingerprint density at radius 3 is 1.56 bits per heavy atom. The van der Waals surface area contributed by atoms with Gasteiger partial charge in [-0.1, -0.05) is 182 Å². The number of hydrogen-bond acceptors (Lipinski definition) is 15. The van der Waals surface area contributed by atoms with Crippen LogP contribution in [0.2, 0.25) is 5.04 Å². The van der Waals surface area contributed by atoms with Crippen LogP contribution in [0.15, 0.2) is 126 Å². The van der Waals surface area contributed by atoms with E-state index in [1.54, 1.807) is 7.11 Å². The van der Waals surface area contributed by atoms with Gasteiger partial charge in [0.2, 0.25) is 0 Å². The monoisotopic (exact) mass is 1140 g/mol. The van der Waals surface area contributed by atoms with E-state index < -0.39 is 100 Å². The van der Waals surface area contributed by atoms with Crippen molar-refractivity contribution in [1.29, 1.82) is 0 Å². The molecule has 17 nitrogen and oxygen atoms in total. The third-order valence-electron chi connectivity index (χ3n) is 17.2. The molecule has 0 aliphatic carbocycles. The third kappa shape index (κ3) is 14.3. The highest BCUT2D eigenvalue weighted by Gasteiger charge is 2.56. The summed E-state index contributed by atoms with van der Waals surface area (Å²) in [4.78, 5) is 15.8. The smallest absolute Gasteiger partial charge is 0.302 e. The molecule has 0 spiro atoms. The van der Waals surface area contributed by atoms with Gasteiger partial charge in [0.05, 0.1) is 68.5 Å². The van der Waals surface area contributed by atoms with Crippen molar-refractivity contribution in [2.24, 2.45) is 34.7 Å². The molecule has 1 N–H and O–H groups in total. The molecule has 0 saturated carbocycles. The number of azide groups is 1. The van der Waals surface area contributed by atoms with E-state index in [-0.39, 0.29) is 60.9 Å². The number of carbonyl (C=O) groups excluding carboxylic acids is 1. The van der Waals surface area contributed by atoms with E-state index >= 15 is 0 Å². The Labute approximate surface area is 481 Å². The molecule has 20 atom stereocenters. The maximum Gasteiger partial charge on any atom is 0.302 e. The van der Waals surface area contributed by atoms with Gasteiger partial charge in [-0.25, -0.2) is 0 Å². The lowest BCUT2D eigenvalue weighted by atomic mass is 9.85. The molecule has 4 saturated heterocycles. The second-order valence-electron chi connectivity index (χ2n) is 23.6. The lowest BCUT2D eigenvalue weighted by Gasteiger charge is -2.51. The predicted molar refractivity (Wildman–Crippen MR) is 309 cm³/mol. The molecule has 0 radical (unpaired) electrons. The topological polar surface area (TPSA) is 189 Å². The first kappa shape index (κ1) is 62.4. The molecule has 8 rings (SSSR count). The standard InChI is InChI=1S/C63H88N4O13Si/c1-38-43(6)74-59(41(4)54(38)71-34-46-26-18-14-19-27-46)79-56-40(3)53(66-67-64)62(77-50(56)36-70-45(8)68)80-58-44(7)75-60(42(5)57(58)72-35-47-28-20-15-21-29-47)78-55-39(2)52(65-12)61(69-13)76-51(55)37-73-81(63(9,10)11,48-30-22-16-23-31-48)49-32-24-17-25-33-49/h14-33,38-44,50-62,65H,34-37H2,1-13H3/t38-,39-,40-,41?,42?,43?,44?,50?,51?,52?,53?,54-,55+,56+,57+,58+,59+,60+,61+,62-/m1/s1. The molecule has 81 heavy (non-hydrogen) atoms. The Hall–Kier alpha value is -4.60. The summed E-state index contributed by atoms with van der Waals surface area (Å²) in [5, 5.41) is 9.79. The minimum atomic E-state index is -3.02. The molecule has 18 heteroatoms. The van der Waals surface area contributed by atoms with Gasteiger partial charge >= 0.3 is 5.97 Å². The van der Waals surface area contributed by atoms with Crippen molar-refractivity contribution in [3.63, 3.8) is 0 Å². The van der Waals surface area contributed by atoms with Crippen LogP contribution in [0.1, 0.15) is 87.3 Å². The third-order valence-corrected chi connectivity index (χ3v) is 22.2. The van der Waals surface area contributed by atoms with Gasteiger partial charge in [-0.2, -0.15) is 0 Å². The largest absolute Gasteiger partial charge is 0.463 e. The van der Waals surface area contributed by atoms with E-state index in [1.807, 2.05) is 108 Å². The van der Waals surface area contributed by atoms with Gasteiger partial charge in [0.15, 0.2) is 25.2 Å². The summed E-state index contributed by atoms with van der Waals surface area (Å²) in [5.74, 6) is -1.79. The van der Waals surface area contributed by atoms with E-state index in [0.29, 0.717) is 6.61 Å². The first-order valence-electron chi connectivity index (χ1n) is 28.9. The van der Waals surface area contributed by atoms with E-state index in [0.717, 1.165) is 21.5 Å². The summed E-state index contributed by atoms with van der Waals surface area (Å²) < 4.78 is 81.5. The Balaban J connectivity index is 1.07. The highest BCUT2D eigenvalue weighted by Crippen LogP contribution is 2.43. The molecule has 4 aromatic carbocycles. The van der Waals surface area contributed by atoms with Crippen LogP contribution < -0.4 is 15.7 Å². The second kappa shape index (κ2) is 28.3. The van der Waals surface area contributed by atoms with Crippen molar-refractivity contribution in [3.05, 3.63) is 143 Å². The zero-order valence-corrected chi connectivity index (χ0v) is 50.6. The summed E-state index contributed by atoms with van der Waals surface area (Å²) in [6.07, 6.45) is -8.60. The van der Waals surface area contributed by atoms with Crippen LogP contribution in [0.3, 0.4) is 0 Å². The molecular formula is C63H88N4O13Si. The first-order valence-corrected chi connectivity index (χ1v) is 30.8. The lowest BCUT2D eigenvalue weighted by molar-refractivity contribution is -0.361. The number of likely N-dealkylation sites (N-methyl/N-ethyl adjacent to an activating group) is 1. The predicted octanol–water partition coefficient (Wildman–Crippen LogP) is 9.49. The molecule has 4 fully saturated rings. The average molecular weight is 1140 g/mol. The van der Waals surface area contributed by atoms with Crippen molar-refractivity contribution in [1.82, 2.24) is 5.32 Å². The molecule has 4 heterocycles. The number of carbonyl (C=O) groups is 1. The molecule has 442 valence electrons. The van der Waals surface area contributed by atoms with Crippen LogP contribution in [-0.2, 0) is 74.5 Å². The Kier molecular flexibility index (Phi) is 21.8. The number of benzene rings is 4. The maximum atomic E-state index is 12.5. The van der Waals surface area contributed by atoms with Gasteiger partial charge in [-0.15, -0.1) is 0 Å². The fraction of sp³-hybridized carbons (Fsp3) is 0.603. The quantitative estimate of drug-likeness (QED) is 0.0258. The highest BCUT2D eigenvalue weighted by atomic mass is 28.4. The SMILES string of the molecule is CNC1[C@@H](OC)OC(CO[Si](c2ccccc2)(c2ccccc2)C(C)(C)C)[C@@H](O[C@@H]2OC(C)[C@H](O[C@H]3OC(COC(C)=O)[C@@H](O[C@@H]4OC(C)[C@@H](C)[C@@H](OCc5ccccc5)C4C)[C@H](C)C3N=[N+]=[N-])[C@@H](OCc3ccccc3)C2C)[C@@H]1C. The minimum Gasteiger partial charge on any atom is -0.463 e. The first-order chi connectivity index (χ1) is 38.9. The molecular weight excluding hydrogens is 1050 g/mol. The number of esters is 1. The maximum absolute atomic E-state index is 12.5. The molecule has 0 aromatic heterocycles. The molecule has 4 aromatic rings. The van der Waals surface area contributed by atoms with Gasteiger partial charge < -0.3 is 61.8 Å². The fourth-order valence-electron chi connectivity index (χ4n) is 12.6. The van der Waals surface area contributed by atoms with Crippen molar-refractivity contribution >= 4 is 24.7 Å². The number of hydrogen-bond donors (Lipinski definition) is 1. The van der Waals surface area contributed by atoms with Crippen molar-refractivity contribution < 1.29 is 61.3 Å². The molecule has 0 amide bonds. The molecule has 4 aliphatic rings. The zero-order chi connectivity index (χ0) is 58.0. The fourth-order valence-corrected chi connectivity index (χ4v) is 17.1. The summed E-state index contributed by atoms with van der Waals surface area (Å²) >= 11 is 0. The number of methoxy groups -OCH3 is 1. The molecule has 0 bridgehead atoms. The Bertz CT molecular complexity index is 2560. The average Bonchev–Trinajstić information content (AvgIpc) is 3.48. The Morgan fingerprint density at radius 1 is 0.580 bits per heavy atom. The summed E-state index contributed by atoms with van der Waals surface area (Å²) in [7, 11) is 0.535. The van der Waals surface area contributed by atoms with Gasteiger partial charge in [0.1, 0.15) is 24.9 Å². The van der Waals surface area contributed by atoms with Gasteiger partial charge in [0.25, 0.3) is 8.32 Å². The van der Waals surface area contributed by atoms with E-state index in [9.17, 15) is 10.3 Å². The van der Waals surface area contributed by atoms with Crippen molar-refractivity contribution in [3.8, 4) is 0 Å². The van der Waals surface area contributed by atoms with Crippen molar-refractivity contribution in [2.45, 2.75) is 187 Å². The number of nitrogens with zero attached hydrogens (tertiary/aromatic N) is 3. The van der Waals surface area contributed by atoms with Gasteiger partial charge in [-0.05, 0) is 58.9 Å². The van der Waals surface area contributed by atoms with Crippen LogP contribution in [0.4, 0.5) is 0 Å². The second-order valence-corrected chi connectivity index (χ2v) is 28.0. The van der Waals surface area contributed by atoms with Crippen LogP contribution in [-0.4, -0.2) is 134 Å². The summed E-state index contributed by atoms with van der Waals surface area (Å²) in [6, 6.07) is 39.9. The van der Waals surface area contributed by atoms with E-state index in [1.165, 1.54) is 6.92 Å². The van der Waals surface area contributed by atoms with E-state index in [2.05, 4.69) is 105 Å². The lowest BCUT2D eigenvalue weighted by Crippen LogP contribution is -2.68. The number of nitrogens with one attached hydrogen (secondary N) is 1. The summed E-state index contributed by atoms with van der Waals surface area (Å²) in [6.45, 7) is 23.1. The number of rotatable bonds is 22. The van der Waals surface area contributed by atoms with Gasteiger partial charge in [-0.3, -0.25) is 4.79 Å². The Morgan fingerprint density at radius 2 is 1.05 bits per heavy atom. The van der Waals surface area contributed by atoms with Crippen LogP contribution in [0.25, 0.3) is 10.4 Å². The van der Waals surface area contributed by atoms with Crippen molar-refractivity contribution in [2.75, 3.05) is 27.4 Å². The van der Waals surface area contributed by atoms with Crippen LogP contribution in [0.5, 0.6) is 0 Å². The molecule has 8 unspecified atom stereocenters. The van der Waals surface area contributed by atoms with Gasteiger partial charge in [0, 0.05) is 42.6 Å². The number of ether oxygens (including phenoxy) is 11. The zero-order valence-electron chi connectivity index (χ0n) is 49.6. The van der Waals surface area contributed by atoms with Crippen LogP contribution >= 0.6 is 0 Å². The van der Waals surface area contributed by atoms with Crippen LogP contribution in [0, 0.1) is 29.6 Å². The highest BCUT2D eigenvalue weighted by molar-refractivity contribution is 6.99. The normalized spacial score (nSPS) is 34.7. The van der Waals surface area contributed by atoms with E-state index in [4.69, 9.17) is 56.5 Å². The summed E-state index contributed by atoms with van der Waals surface area (Å²) in [5.41, 5.74) is 12.2. The minimum absolute atomic E-state index is 0.0569. The molecule has 4 aliphatic heterocycles.